The van der Waals surface area contributed by atoms with Crippen LogP contribution in [0.5, 0.6) is 0 Å². The quantitative estimate of drug-likeness (QED) is 0.559. The van der Waals surface area contributed by atoms with E-state index in [0.29, 0.717) is 0 Å². The Hall–Kier alpha value is 0.0969. The largest absolute Gasteiger partial charge is 0.328 e. The van der Waals surface area contributed by atoms with Gasteiger partial charge >= 0.3 is 0 Å². The Morgan fingerprint density at radius 1 is 0.929 bits per heavy atom. The third-order valence-electron chi connectivity index (χ3n) is 2.53. The summed E-state index contributed by atoms with van der Waals surface area (Å²) in [5.74, 6) is 0. The molecule has 4 heteroatoms. The first-order chi connectivity index (χ1) is 6.78. The van der Waals surface area contributed by atoms with Gasteiger partial charge < -0.3 is 14.9 Å². The summed E-state index contributed by atoms with van der Waals surface area (Å²) < 4.78 is 0. The zero-order valence-corrected chi connectivity index (χ0v) is 11.4. The smallest absolute Gasteiger partial charge is 0.185 e. The number of hydrogen-bond acceptors (Lipinski definition) is 3. The van der Waals surface area contributed by atoms with Crippen LogP contribution < -0.4 is 9.96 Å². The Morgan fingerprint density at radius 2 is 1.43 bits per heavy atom. The molecule has 0 spiro atoms. The third kappa shape index (κ3) is 6.54. The second kappa shape index (κ2) is 9.64. The first-order valence-corrected chi connectivity index (χ1v) is 7.94. The fourth-order valence-corrected chi connectivity index (χ4v) is 3.78. The van der Waals surface area contributed by atoms with E-state index in [2.05, 4.69) is 42.6 Å². The number of rotatable bonds is 9. The van der Waals surface area contributed by atoms with Gasteiger partial charge in [-0.3, -0.25) is 0 Å². The van der Waals surface area contributed by atoms with Crippen molar-refractivity contribution >= 4 is 9.12 Å². The molecule has 0 saturated heterocycles. The maximum atomic E-state index is 3.59. The molecule has 0 fully saturated rings. The molecule has 0 aromatic heterocycles. The van der Waals surface area contributed by atoms with Crippen LogP contribution in [0.1, 0.15) is 27.7 Å². The van der Waals surface area contributed by atoms with Gasteiger partial charge in [0.05, 0.1) is 0 Å². The van der Waals surface area contributed by atoms with Crippen LogP contribution in [-0.4, -0.2) is 46.7 Å². The lowest BCUT2D eigenvalue weighted by Crippen LogP contribution is -2.48. The van der Waals surface area contributed by atoms with E-state index in [4.69, 9.17) is 0 Å². The van der Waals surface area contributed by atoms with Crippen molar-refractivity contribution in [3.05, 3.63) is 0 Å². The molecule has 0 aliphatic rings. The summed E-state index contributed by atoms with van der Waals surface area (Å²) >= 11 is 0. The van der Waals surface area contributed by atoms with Crippen molar-refractivity contribution in [2.24, 2.45) is 0 Å². The molecule has 0 aromatic carbocycles. The normalized spacial score (nSPS) is 11.6. The third-order valence-corrected chi connectivity index (χ3v) is 5.17. The van der Waals surface area contributed by atoms with E-state index in [-0.39, 0.29) is 0 Å². The Kier molecular flexibility index (Phi) is 9.71. The number of nitrogens with one attached hydrogen (secondary N) is 2. The van der Waals surface area contributed by atoms with E-state index < -0.39 is 9.12 Å². The molecule has 3 nitrogen and oxygen atoms in total. The van der Waals surface area contributed by atoms with E-state index >= 15 is 0 Å². The molecule has 0 aromatic rings. The monoisotopic (exact) mass is 217 g/mol. The van der Waals surface area contributed by atoms with Gasteiger partial charge in [-0.05, 0) is 38.8 Å². The summed E-state index contributed by atoms with van der Waals surface area (Å²) in [5, 5.41) is 0. The highest BCUT2D eigenvalue weighted by Gasteiger charge is 2.09. The average molecular weight is 217 g/mol. The lowest BCUT2D eigenvalue weighted by atomic mass is 10.5. The van der Waals surface area contributed by atoms with E-state index in [9.17, 15) is 0 Å². The van der Waals surface area contributed by atoms with Crippen molar-refractivity contribution in [2.75, 3.05) is 32.7 Å². The molecule has 0 rings (SSSR count). The summed E-state index contributed by atoms with van der Waals surface area (Å²) in [6, 6.07) is 1.32. The lowest BCUT2D eigenvalue weighted by molar-refractivity contribution is 0.319. The maximum Gasteiger partial charge on any atom is 0.185 e. The highest BCUT2D eigenvalue weighted by atomic mass is 28.3. The summed E-state index contributed by atoms with van der Waals surface area (Å²) in [6.45, 7) is 14.6. The van der Waals surface area contributed by atoms with Crippen LogP contribution in [0.15, 0.2) is 0 Å². The lowest BCUT2D eigenvalue weighted by Gasteiger charge is -2.22. The molecule has 14 heavy (non-hydrogen) atoms. The topological polar surface area (TPSA) is 27.3 Å². The molecule has 0 saturated carbocycles. The van der Waals surface area contributed by atoms with Gasteiger partial charge in [-0.2, -0.15) is 0 Å². The van der Waals surface area contributed by atoms with Gasteiger partial charge in [0.1, 0.15) is 0 Å². The Bertz CT molecular complexity index is 112. The van der Waals surface area contributed by atoms with Crippen LogP contribution in [0.3, 0.4) is 0 Å². The van der Waals surface area contributed by atoms with Crippen molar-refractivity contribution in [3.63, 3.8) is 0 Å². The second-order valence-electron chi connectivity index (χ2n) is 3.48. The molecule has 0 amide bonds. The van der Waals surface area contributed by atoms with Crippen LogP contribution in [0.2, 0.25) is 6.04 Å². The van der Waals surface area contributed by atoms with Crippen molar-refractivity contribution < 1.29 is 0 Å². The predicted octanol–water partition coefficient (Wildman–Crippen LogP) is 0.768. The molecular formula is C10H27N3Si. The molecule has 2 N–H and O–H groups in total. The molecular weight excluding hydrogens is 190 g/mol. The van der Waals surface area contributed by atoms with Crippen molar-refractivity contribution in [1.82, 2.24) is 14.9 Å². The molecule has 0 bridgehead atoms. The number of hydrogen-bond donors (Lipinski definition) is 2. The summed E-state index contributed by atoms with van der Waals surface area (Å²) in [6.07, 6.45) is 0. The van der Waals surface area contributed by atoms with Crippen LogP contribution >= 0.6 is 0 Å². The molecule has 0 aliphatic carbocycles. The standard InChI is InChI=1S/C10H27N3Si/c1-5-11-14(12-6-2)10-9-13(7-3)8-4/h11-12,14H,5-10H2,1-4H3. The van der Waals surface area contributed by atoms with Crippen LogP contribution in [0.25, 0.3) is 0 Å². The SMILES string of the molecule is CCN[SiH](CCN(CC)CC)NCC. The van der Waals surface area contributed by atoms with Crippen molar-refractivity contribution in [2.45, 2.75) is 33.7 Å². The molecule has 0 unspecified atom stereocenters. The fourth-order valence-electron chi connectivity index (χ4n) is 1.62. The van der Waals surface area contributed by atoms with Gasteiger partial charge in [-0.15, -0.1) is 0 Å². The minimum atomic E-state index is -0.859. The minimum Gasteiger partial charge on any atom is -0.328 e. The van der Waals surface area contributed by atoms with Crippen LogP contribution in [0, 0.1) is 0 Å². The minimum absolute atomic E-state index is 0.859. The first-order valence-electron chi connectivity index (χ1n) is 5.97. The van der Waals surface area contributed by atoms with Gasteiger partial charge in [0, 0.05) is 0 Å². The summed E-state index contributed by atoms with van der Waals surface area (Å²) in [7, 11) is -0.859. The summed E-state index contributed by atoms with van der Waals surface area (Å²) in [4.78, 5) is 9.67. The van der Waals surface area contributed by atoms with Crippen molar-refractivity contribution in [3.8, 4) is 0 Å². The molecule has 0 aliphatic heterocycles. The van der Waals surface area contributed by atoms with Gasteiger partial charge in [0.2, 0.25) is 0 Å². The fraction of sp³-hybridized carbons (Fsp3) is 1.00. The highest BCUT2D eigenvalue weighted by molar-refractivity contribution is 6.53. The zero-order valence-electron chi connectivity index (χ0n) is 10.3. The summed E-state index contributed by atoms with van der Waals surface area (Å²) in [5.41, 5.74) is 0. The van der Waals surface area contributed by atoms with E-state index in [1.165, 1.54) is 25.7 Å². The Balaban J connectivity index is 3.67. The number of nitrogens with zero attached hydrogens (tertiary/aromatic N) is 1. The Labute approximate surface area is 91.0 Å². The van der Waals surface area contributed by atoms with Crippen LogP contribution in [0.4, 0.5) is 0 Å². The highest BCUT2D eigenvalue weighted by Crippen LogP contribution is 1.93. The first kappa shape index (κ1) is 14.1. The zero-order chi connectivity index (χ0) is 10.8. The van der Waals surface area contributed by atoms with E-state index in [1.54, 1.807) is 0 Å². The molecule has 0 heterocycles. The van der Waals surface area contributed by atoms with Gasteiger partial charge in [-0.25, -0.2) is 0 Å². The molecule has 86 valence electrons. The second-order valence-corrected chi connectivity index (χ2v) is 5.98. The Morgan fingerprint density at radius 3 is 1.79 bits per heavy atom. The average Bonchev–Trinajstić information content (AvgIpc) is 2.20. The molecule has 0 radical (unpaired) electrons. The predicted molar refractivity (Wildman–Crippen MR) is 67.1 cm³/mol. The maximum absolute atomic E-state index is 3.59. The van der Waals surface area contributed by atoms with E-state index in [0.717, 1.165) is 13.1 Å². The van der Waals surface area contributed by atoms with Crippen LogP contribution in [-0.2, 0) is 0 Å². The van der Waals surface area contributed by atoms with Gasteiger partial charge in [0.25, 0.3) is 0 Å². The van der Waals surface area contributed by atoms with E-state index in [1.807, 2.05) is 0 Å². The van der Waals surface area contributed by atoms with Gasteiger partial charge in [0.15, 0.2) is 9.12 Å². The van der Waals surface area contributed by atoms with Crippen molar-refractivity contribution in [1.29, 1.82) is 0 Å². The van der Waals surface area contributed by atoms with Gasteiger partial charge in [-0.1, -0.05) is 27.7 Å². The molecule has 0 atom stereocenters.